The molecule has 0 aliphatic carbocycles. The number of hydrogen-bond donors (Lipinski definition) is 0. The largest absolute Gasteiger partial charge is 0.379 e. The van der Waals surface area contributed by atoms with Crippen LogP contribution in [0.3, 0.4) is 0 Å². The van der Waals surface area contributed by atoms with Gasteiger partial charge in [0.2, 0.25) is 11.8 Å². The van der Waals surface area contributed by atoms with Gasteiger partial charge in [0.05, 0.1) is 38.9 Å². The number of rotatable bonds is 8. The molecular formula is C20H26N4O4. The van der Waals surface area contributed by atoms with Crippen LogP contribution in [0.4, 0.5) is 0 Å². The number of likely N-dealkylation sites (tertiary alicyclic amines) is 1. The van der Waals surface area contributed by atoms with Gasteiger partial charge >= 0.3 is 0 Å². The fourth-order valence-corrected chi connectivity index (χ4v) is 3.35. The van der Waals surface area contributed by atoms with Crippen LogP contribution >= 0.6 is 0 Å². The quantitative estimate of drug-likeness (QED) is 0.628. The van der Waals surface area contributed by atoms with Gasteiger partial charge in [-0.2, -0.15) is 4.98 Å². The van der Waals surface area contributed by atoms with Crippen LogP contribution in [0.2, 0.25) is 0 Å². The molecular weight excluding hydrogens is 360 g/mol. The summed E-state index contributed by atoms with van der Waals surface area (Å²) in [5, 5.41) is 4.04. The molecule has 1 amide bonds. The van der Waals surface area contributed by atoms with E-state index >= 15 is 0 Å². The molecule has 0 radical (unpaired) electrons. The minimum Gasteiger partial charge on any atom is -0.379 e. The second kappa shape index (κ2) is 9.27. The topological polar surface area (TPSA) is 80.9 Å². The highest BCUT2D eigenvalue weighted by Crippen LogP contribution is 2.26. The van der Waals surface area contributed by atoms with Gasteiger partial charge in [-0.05, 0) is 5.56 Å². The number of nitrogens with zero attached hydrogens (tertiary/aromatic N) is 4. The number of ether oxygens (including phenoxy) is 2. The highest BCUT2D eigenvalue weighted by Gasteiger charge is 2.36. The lowest BCUT2D eigenvalue weighted by Gasteiger charge is -2.38. The predicted molar refractivity (Wildman–Crippen MR) is 101 cm³/mol. The molecule has 2 aromatic rings. The second-order valence-corrected chi connectivity index (χ2v) is 7.22. The Balaban J connectivity index is 1.15. The van der Waals surface area contributed by atoms with E-state index in [1.807, 2.05) is 35.2 Å². The molecule has 0 N–H and O–H groups in total. The Morgan fingerprint density at radius 2 is 1.96 bits per heavy atom. The third kappa shape index (κ3) is 4.95. The molecule has 0 spiro atoms. The summed E-state index contributed by atoms with van der Waals surface area (Å²) >= 11 is 0. The Morgan fingerprint density at radius 3 is 2.75 bits per heavy atom. The average molecular weight is 386 g/mol. The number of amides is 1. The first kappa shape index (κ1) is 19.0. The lowest BCUT2D eigenvalue weighted by molar-refractivity contribution is -0.138. The molecule has 4 rings (SSSR count). The highest BCUT2D eigenvalue weighted by atomic mass is 16.5. The Morgan fingerprint density at radius 1 is 1.18 bits per heavy atom. The van der Waals surface area contributed by atoms with Crippen LogP contribution in [0, 0.1) is 0 Å². The molecule has 2 saturated heterocycles. The summed E-state index contributed by atoms with van der Waals surface area (Å²) in [4.78, 5) is 20.8. The van der Waals surface area contributed by atoms with E-state index in [0.717, 1.165) is 18.7 Å². The van der Waals surface area contributed by atoms with E-state index in [2.05, 4.69) is 15.0 Å². The van der Waals surface area contributed by atoms with Crippen molar-refractivity contribution in [3.05, 3.63) is 47.6 Å². The molecule has 1 aromatic carbocycles. The van der Waals surface area contributed by atoms with E-state index in [1.54, 1.807) is 0 Å². The first-order chi connectivity index (χ1) is 13.8. The number of carbonyl (C=O) groups is 1. The van der Waals surface area contributed by atoms with Crippen molar-refractivity contribution < 1.29 is 18.8 Å². The van der Waals surface area contributed by atoms with Gasteiger partial charge < -0.3 is 18.9 Å². The van der Waals surface area contributed by atoms with Gasteiger partial charge in [-0.25, -0.2) is 0 Å². The Kier molecular flexibility index (Phi) is 6.31. The molecule has 0 unspecified atom stereocenters. The zero-order chi connectivity index (χ0) is 19.2. The summed E-state index contributed by atoms with van der Waals surface area (Å²) in [6.07, 6.45) is 0.614. The zero-order valence-corrected chi connectivity index (χ0v) is 16.0. The summed E-state index contributed by atoms with van der Waals surface area (Å²) in [6, 6.07) is 10.1. The third-order valence-corrected chi connectivity index (χ3v) is 5.11. The fourth-order valence-electron chi connectivity index (χ4n) is 3.35. The molecule has 1 aromatic heterocycles. The van der Waals surface area contributed by atoms with Gasteiger partial charge in [0, 0.05) is 32.6 Å². The zero-order valence-electron chi connectivity index (χ0n) is 16.0. The number of carbonyl (C=O) groups excluding carboxylic acids is 1. The average Bonchev–Trinajstić information content (AvgIpc) is 3.14. The van der Waals surface area contributed by atoms with Crippen molar-refractivity contribution in [3.8, 4) is 0 Å². The Hall–Kier alpha value is -2.29. The molecule has 2 aliphatic heterocycles. The van der Waals surface area contributed by atoms with Crippen molar-refractivity contribution in [1.82, 2.24) is 19.9 Å². The monoisotopic (exact) mass is 386 g/mol. The van der Waals surface area contributed by atoms with Crippen LogP contribution in [-0.2, 0) is 27.3 Å². The van der Waals surface area contributed by atoms with E-state index in [0.29, 0.717) is 64.2 Å². The van der Waals surface area contributed by atoms with Crippen molar-refractivity contribution >= 4 is 5.91 Å². The summed E-state index contributed by atoms with van der Waals surface area (Å²) in [5.41, 5.74) is 1.15. The predicted octanol–water partition coefficient (Wildman–Crippen LogP) is 1.09. The second-order valence-electron chi connectivity index (χ2n) is 7.22. The first-order valence-corrected chi connectivity index (χ1v) is 9.80. The number of aromatic nitrogens is 2. The van der Waals surface area contributed by atoms with Crippen LogP contribution < -0.4 is 0 Å². The molecule has 28 heavy (non-hydrogen) atoms. The van der Waals surface area contributed by atoms with Gasteiger partial charge in [0.15, 0.2) is 5.82 Å². The van der Waals surface area contributed by atoms with E-state index in [-0.39, 0.29) is 11.8 Å². The van der Waals surface area contributed by atoms with E-state index in [4.69, 9.17) is 14.0 Å². The Labute approximate surface area is 164 Å². The van der Waals surface area contributed by atoms with Gasteiger partial charge in [-0.3, -0.25) is 9.69 Å². The summed E-state index contributed by atoms with van der Waals surface area (Å²) in [7, 11) is 0. The Bertz CT molecular complexity index is 755. The minimum absolute atomic E-state index is 0.139. The summed E-state index contributed by atoms with van der Waals surface area (Å²) in [6.45, 7) is 5.93. The fraction of sp³-hybridized carbons (Fsp3) is 0.550. The van der Waals surface area contributed by atoms with Crippen LogP contribution in [0.25, 0.3) is 0 Å². The molecule has 0 saturated carbocycles. The molecule has 8 nitrogen and oxygen atoms in total. The first-order valence-electron chi connectivity index (χ1n) is 9.80. The normalized spacial score (nSPS) is 18.2. The van der Waals surface area contributed by atoms with Crippen molar-refractivity contribution in [2.75, 3.05) is 52.5 Å². The third-order valence-electron chi connectivity index (χ3n) is 5.11. The molecule has 2 fully saturated rings. The lowest BCUT2D eigenvalue weighted by atomic mass is 10.00. The lowest BCUT2D eigenvalue weighted by Crippen LogP contribution is -2.53. The van der Waals surface area contributed by atoms with Gasteiger partial charge in [0.25, 0.3) is 0 Å². The van der Waals surface area contributed by atoms with E-state index in [1.165, 1.54) is 0 Å². The smallest absolute Gasteiger partial charge is 0.236 e. The van der Waals surface area contributed by atoms with Gasteiger partial charge in [0.1, 0.15) is 0 Å². The molecule has 0 atom stereocenters. The maximum atomic E-state index is 12.3. The van der Waals surface area contributed by atoms with E-state index in [9.17, 15) is 4.79 Å². The molecule has 2 aliphatic rings. The van der Waals surface area contributed by atoms with Crippen molar-refractivity contribution in [1.29, 1.82) is 0 Å². The minimum atomic E-state index is 0.139. The van der Waals surface area contributed by atoms with Crippen LogP contribution in [0.1, 0.15) is 23.2 Å². The van der Waals surface area contributed by atoms with Crippen LogP contribution in [0.5, 0.6) is 0 Å². The van der Waals surface area contributed by atoms with Crippen molar-refractivity contribution in [2.45, 2.75) is 18.9 Å². The van der Waals surface area contributed by atoms with Gasteiger partial charge in [-0.1, -0.05) is 35.5 Å². The summed E-state index contributed by atoms with van der Waals surface area (Å²) in [5.74, 6) is 1.57. The van der Waals surface area contributed by atoms with Crippen molar-refractivity contribution in [2.24, 2.45) is 0 Å². The van der Waals surface area contributed by atoms with Crippen LogP contribution in [0.15, 0.2) is 34.9 Å². The van der Waals surface area contributed by atoms with Crippen LogP contribution in [-0.4, -0.2) is 78.4 Å². The molecule has 3 heterocycles. The molecule has 150 valence electrons. The maximum Gasteiger partial charge on any atom is 0.236 e. The van der Waals surface area contributed by atoms with E-state index < -0.39 is 0 Å². The number of hydrogen-bond acceptors (Lipinski definition) is 7. The molecule has 8 heteroatoms. The number of morpholine rings is 1. The maximum absolute atomic E-state index is 12.3. The standard InChI is InChI=1S/C20H26N4O4/c25-19(14-23-7-10-26-11-8-23)24-12-17(13-24)20-21-18(22-28-20)6-9-27-15-16-4-2-1-3-5-16/h1-5,17H,6-15H2. The number of benzene rings is 1. The molecule has 0 bridgehead atoms. The SMILES string of the molecule is O=C(CN1CCOCC1)N1CC(c2nc(CCOCc3ccccc3)no2)C1. The van der Waals surface area contributed by atoms with Gasteiger partial charge in [-0.15, -0.1) is 0 Å². The summed E-state index contributed by atoms with van der Waals surface area (Å²) < 4.78 is 16.4. The van der Waals surface area contributed by atoms with Crippen molar-refractivity contribution in [3.63, 3.8) is 0 Å². The highest BCUT2D eigenvalue weighted by molar-refractivity contribution is 5.79.